The van der Waals surface area contributed by atoms with Crippen molar-refractivity contribution in [3.63, 3.8) is 0 Å². The summed E-state index contributed by atoms with van der Waals surface area (Å²) in [7, 11) is 3.48. The molecule has 0 radical (unpaired) electrons. The number of amides is 1. The first-order valence-corrected chi connectivity index (χ1v) is 7.20. The number of hydrogen-bond donors (Lipinski definition) is 1. The van der Waals surface area contributed by atoms with Gasteiger partial charge in [0.25, 0.3) is 5.91 Å². The molecule has 0 aliphatic rings. The number of nitrogen functional groups attached to an aromatic ring is 1. The number of aromatic nitrogens is 2. The van der Waals surface area contributed by atoms with Crippen molar-refractivity contribution in [1.29, 1.82) is 0 Å². The Labute approximate surface area is 126 Å². The fraction of sp³-hybridized carbons (Fsp3) is 0.133. The van der Waals surface area contributed by atoms with Gasteiger partial charge in [-0.25, -0.2) is 9.97 Å². The van der Waals surface area contributed by atoms with Gasteiger partial charge >= 0.3 is 0 Å². The first kappa shape index (κ1) is 13.5. The molecule has 0 aliphatic heterocycles. The molecule has 1 amide bonds. The van der Waals surface area contributed by atoms with E-state index in [0.29, 0.717) is 11.4 Å². The van der Waals surface area contributed by atoms with Gasteiger partial charge in [-0.1, -0.05) is 12.1 Å². The van der Waals surface area contributed by atoms with E-state index in [0.717, 1.165) is 20.7 Å². The zero-order valence-corrected chi connectivity index (χ0v) is 12.5. The van der Waals surface area contributed by atoms with E-state index in [-0.39, 0.29) is 5.91 Å². The van der Waals surface area contributed by atoms with E-state index in [1.807, 2.05) is 30.3 Å². The smallest absolute Gasteiger partial charge is 0.253 e. The standard InChI is InChI=1S/C15H14N4OS/c1-19(2)15(20)10-5-3-4-9(6-10)12-7-11-13(21-12)14(16)18-8-17-11/h3-8H,1-2H3,(H2,16,17,18). The fourth-order valence-corrected chi connectivity index (χ4v) is 3.09. The molecule has 106 valence electrons. The minimum Gasteiger partial charge on any atom is -0.382 e. The number of fused-ring (bicyclic) bond motifs is 1. The Hall–Kier alpha value is -2.47. The molecule has 0 spiro atoms. The van der Waals surface area contributed by atoms with Crippen molar-refractivity contribution in [2.45, 2.75) is 0 Å². The summed E-state index contributed by atoms with van der Waals surface area (Å²) in [4.78, 5) is 22.8. The Morgan fingerprint density at radius 3 is 2.76 bits per heavy atom. The number of thiophene rings is 1. The van der Waals surface area contributed by atoms with Gasteiger partial charge in [-0.2, -0.15) is 0 Å². The lowest BCUT2D eigenvalue weighted by molar-refractivity contribution is 0.0827. The van der Waals surface area contributed by atoms with Gasteiger partial charge in [0.2, 0.25) is 0 Å². The second-order valence-electron chi connectivity index (χ2n) is 4.86. The SMILES string of the molecule is CN(C)C(=O)c1cccc(-c2cc3ncnc(N)c3s2)c1. The number of benzene rings is 1. The molecular formula is C15H14N4OS. The normalized spacial score (nSPS) is 10.8. The first-order valence-electron chi connectivity index (χ1n) is 6.38. The maximum Gasteiger partial charge on any atom is 0.253 e. The fourth-order valence-electron chi connectivity index (χ4n) is 2.08. The highest BCUT2D eigenvalue weighted by molar-refractivity contribution is 7.22. The molecule has 21 heavy (non-hydrogen) atoms. The van der Waals surface area contributed by atoms with Crippen LogP contribution in [0.15, 0.2) is 36.7 Å². The van der Waals surface area contributed by atoms with Gasteiger partial charge in [-0.15, -0.1) is 11.3 Å². The molecule has 0 aliphatic carbocycles. The highest BCUT2D eigenvalue weighted by atomic mass is 32.1. The van der Waals surface area contributed by atoms with Crippen LogP contribution in [0.25, 0.3) is 20.7 Å². The lowest BCUT2D eigenvalue weighted by Crippen LogP contribution is -2.21. The molecule has 3 aromatic rings. The minimum atomic E-state index is -0.0164. The lowest BCUT2D eigenvalue weighted by atomic mass is 10.1. The Morgan fingerprint density at radius 2 is 2.05 bits per heavy atom. The molecular weight excluding hydrogens is 284 g/mol. The molecule has 6 heteroatoms. The van der Waals surface area contributed by atoms with Crippen LogP contribution in [0.2, 0.25) is 0 Å². The topological polar surface area (TPSA) is 72.1 Å². The van der Waals surface area contributed by atoms with Gasteiger partial charge < -0.3 is 10.6 Å². The van der Waals surface area contributed by atoms with Crippen LogP contribution >= 0.6 is 11.3 Å². The Bertz CT molecular complexity index is 825. The molecule has 2 N–H and O–H groups in total. The van der Waals surface area contributed by atoms with E-state index in [2.05, 4.69) is 9.97 Å². The second-order valence-corrected chi connectivity index (χ2v) is 5.92. The number of hydrogen-bond acceptors (Lipinski definition) is 5. The maximum atomic E-state index is 12.0. The maximum absolute atomic E-state index is 12.0. The zero-order valence-electron chi connectivity index (χ0n) is 11.7. The lowest BCUT2D eigenvalue weighted by Gasteiger charge is -2.10. The Balaban J connectivity index is 2.08. The van der Waals surface area contributed by atoms with Crippen LogP contribution in [0.3, 0.4) is 0 Å². The van der Waals surface area contributed by atoms with E-state index in [9.17, 15) is 4.79 Å². The number of rotatable bonds is 2. The molecule has 0 saturated heterocycles. The summed E-state index contributed by atoms with van der Waals surface area (Å²) in [5.41, 5.74) is 8.33. The predicted molar refractivity (Wildman–Crippen MR) is 85.3 cm³/mol. The molecule has 2 aromatic heterocycles. The van der Waals surface area contributed by atoms with Crippen molar-refractivity contribution in [2.24, 2.45) is 0 Å². The van der Waals surface area contributed by atoms with Gasteiger partial charge in [-0.05, 0) is 23.8 Å². The van der Waals surface area contributed by atoms with Crippen LogP contribution in [-0.2, 0) is 0 Å². The van der Waals surface area contributed by atoms with Crippen molar-refractivity contribution >= 4 is 33.3 Å². The zero-order chi connectivity index (χ0) is 15.0. The van der Waals surface area contributed by atoms with E-state index < -0.39 is 0 Å². The molecule has 1 aromatic carbocycles. The summed E-state index contributed by atoms with van der Waals surface area (Å²) in [5, 5.41) is 0. The Kier molecular flexibility index (Phi) is 3.31. The van der Waals surface area contributed by atoms with Crippen LogP contribution in [-0.4, -0.2) is 34.9 Å². The summed E-state index contributed by atoms with van der Waals surface area (Å²) < 4.78 is 0.872. The predicted octanol–water partition coefficient (Wildman–Crippen LogP) is 2.64. The summed E-state index contributed by atoms with van der Waals surface area (Å²) in [6.45, 7) is 0. The van der Waals surface area contributed by atoms with Gasteiger partial charge in [0.15, 0.2) is 0 Å². The van der Waals surface area contributed by atoms with Gasteiger partial charge in [0, 0.05) is 24.5 Å². The van der Waals surface area contributed by atoms with Crippen LogP contribution in [0.4, 0.5) is 5.82 Å². The highest BCUT2D eigenvalue weighted by Crippen LogP contribution is 2.34. The molecule has 0 saturated carbocycles. The molecule has 0 unspecified atom stereocenters. The summed E-state index contributed by atoms with van der Waals surface area (Å²) in [5.74, 6) is 0.467. The number of carbonyl (C=O) groups is 1. The number of nitrogens with two attached hydrogens (primary N) is 1. The highest BCUT2D eigenvalue weighted by Gasteiger charge is 2.12. The van der Waals surface area contributed by atoms with E-state index in [4.69, 9.17) is 5.73 Å². The number of carbonyl (C=O) groups excluding carboxylic acids is 1. The summed E-state index contributed by atoms with van der Waals surface area (Å²) >= 11 is 1.53. The molecule has 5 nitrogen and oxygen atoms in total. The molecule has 3 rings (SSSR count). The average molecular weight is 298 g/mol. The largest absolute Gasteiger partial charge is 0.382 e. The van der Waals surface area contributed by atoms with Gasteiger partial charge in [-0.3, -0.25) is 4.79 Å². The minimum absolute atomic E-state index is 0.0164. The van der Waals surface area contributed by atoms with Crippen molar-refractivity contribution in [2.75, 3.05) is 19.8 Å². The van der Waals surface area contributed by atoms with Crippen LogP contribution in [0, 0.1) is 0 Å². The second kappa shape index (κ2) is 5.14. The first-order chi connectivity index (χ1) is 10.1. The van der Waals surface area contributed by atoms with Crippen LogP contribution in [0.5, 0.6) is 0 Å². The number of anilines is 1. The van der Waals surface area contributed by atoms with Crippen LogP contribution < -0.4 is 5.73 Å². The van der Waals surface area contributed by atoms with Crippen molar-refractivity contribution in [3.8, 4) is 10.4 Å². The molecule has 0 atom stereocenters. The van der Waals surface area contributed by atoms with Crippen molar-refractivity contribution in [1.82, 2.24) is 14.9 Å². The van der Waals surface area contributed by atoms with Crippen molar-refractivity contribution < 1.29 is 4.79 Å². The summed E-state index contributed by atoms with van der Waals surface area (Å²) in [6, 6.07) is 9.52. The van der Waals surface area contributed by atoms with Gasteiger partial charge in [0.1, 0.15) is 12.1 Å². The Morgan fingerprint density at radius 1 is 1.24 bits per heavy atom. The van der Waals surface area contributed by atoms with Crippen molar-refractivity contribution in [3.05, 3.63) is 42.2 Å². The average Bonchev–Trinajstić information content (AvgIpc) is 2.92. The van der Waals surface area contributed by atoms with Gasteiger partial charge in [0.05, 0.1) is 10.2 Å². The summed E-state index contributed by atoms with van der Waals surface area (Å²) in [6.07, 6.45) is 1.46. The quantitative estimate of drug-likeness (QED) is 0.789. The third-order valence-corrected chi connectivity index (χ3v) is 4.33. The third-order valence-electron chi connectivity index (χ3n) is 3.14. The third kappa shape index (κ3) is 2.45. The monoisotopic (exact) mass is 298 g/mol. The molecule has 0 bridgehead atoms. The van der Waals surface area contributed by atoms with Crippen LogP contribution in [0.1, 0.15) is 10.4 Å². The van der Waals surface area contributed by atoms with E-state index in [1.165, 1.54) is 17.7 Å². The number of nitrogens with zero attached hydrogens (tertiary/aromatic N) is 3. The van der Waals surface area contributed by atoms with E-state index in [1.54, 1.807) is 19.0 Å². The molecule has 2 heterocycles. The molecule has 0 fully saturated rings. The van der Waals surface area contributed by atoms with E-state index >= 15 is 0 Å².